The van der Waals surface area contributed by atoms with Crippen LogP contribution in [0.2, 0.25) is 0 Å². The monoisotopic (exact) mass is 237 g/mol. The average molecular weight is 238 g/mol. The Hall–Kier alpha value is -0.540. The van der Waals surface area contributed by atoms with E-state index in [1.807, 2.05) is 0 Å². The summed E-state index contributed by atoms with van der Waals surface area (Å²) in [5, 5.41) is 0. The molecule has 0 aliphatic carbocycles. The van der Waals surface area contributed by atoms with Gasteiger partial charge in [0.25, 0.3) is 0 Å². The maximum absolute atomic E-state index is 10.2. The molecule has 0 spiro atoms. The van der Waals surface area contributed by atoms with Crippen LogP contribution in [0.1, 0.15) is 20.3 Å². The molecule has 0 aromatic rings. The average Bonchev–Trinajstić information content (AvgIpc) is 2.01. The van der Waals surface area contributed by atoms with Gasteiger partial charge in [0.15, 0.2) is 0 Å². The molecule has 0 aromatic heterocycles. The zero-order valence-electron chi connectivity index (χ0n) is 10.8. The van der Waals surface area contributed by atoms with E-state index in [1.54, 1.807) is 6.92 Å². The van der Waals surface area contributed by atoms with Crippen LogP contribution in [0, 0.1) is 0 Å². The third-order valence-electron chi connectivity index (χ3n) is 1.43. The summed E-state index contributed by atoms with van der Waals surface area (Å²) >= 11 is 0. The molecule has 0 heterocycles. The van der Waals surface area contributed by atoms with Gasteiger partial charge >= 0.3 is 5.97 Å². The maximum Gasteiger partial charge on any atom is 0.332 e. The van der Waals surface area contributed by atoms with Crippen LogP contribution >= 0.6 is 0 Å². The van der Waals surface area contributed by atoms with E-state index in [1.165, 1.54) is 20.1 Å². The summed E-state index contributed by atoms with van der Waals surface area (Å²) in [6.07, 6.45) is 1.28. The van der Waals surface area contributed by atoms with Gasteiger partial charge in [-0.25, -0.2) is 4.79 Å². The predicted molar refractivity (Wildman–Crippen MR) is 60.0 cm³/mol. The third kappa shape index (κ3) is 19.8. The van der Waals surface area contributed by atoms with Gasteiger partial charge in [0.1, 0.15) is 0 Å². The molecule has 0 atom stereocenters. The quantitative estimate of drug-likeness (QED) is 0.352. The van der Waals surface area contributed by atoms with Gasteiger partial charge in [-0.05, 0) is 13.3 Å². The van der Waals surface area contributed by atoms with Crippen molar-refractivity contribution in [1.29, 1.82) is 0 Å². The summed E-state index contributed by atoms with van der Waals surface area (Å²) in [4.78, 5) is 10.2. The molecule has 0 aliphatic heterocycles. The third-order valence-corrected chi connectivity index (χ3v) is 1.43. The molecule has 0 N–H and O–H groups in total. The van der Waals surface area contributed by atoms with Crippen molar-refractivity contribution < 1.29 is 26.4 Å². The predicted octanol–water partition coefficient (Wildman–Crippen LogP) is -1.16. The fraction of sp³-hybridized carbons (Fsp3) is 0.727. The number of quaternary nitrogens is 1. The highest BCUT2D eigenvalue weighted by Gasteiger charge is 2.01. The lowest BCUT2D eigenvalue weighted by Crippen LogP contribution is -3.00. The molecule has 3 nitrogen and oxygen atoms in total. The van der Waals surface area contributed by atoms with Crippen LogP contribution in [0.5, 0.6) is 0 Å². The van der Waals surface area contributed by atoms with Gasteiger partial charge in [0.2, 0.25) is 0 Å². The Labute approximate surface area is 100 Å². The van der Waals surface area contributed by atoms with Crippen molar-refractivity contribution in [3.63, 3.8) is 0 Å². The first-order chi connectivity index (χ1) is 6.24. The Morgan fingerprint density at radius 2 is 1.73 bits per heavy atom. The molecule has 92 valence electrons. The molecular formula is C11H24ClNO2. The largest absolute Gasteiger partial charge is 1.00 e. The number of nitrogens with zero attached hydrogens (tertiary/aromatic N) is 1. The van der Waals surface area contributed by atoms with E-state index in [9.17, 15) is 4.79 Å². The van der Waals surface area contributed by atoms with Gasteiger partial charge in [0, 0.05) is 5.57 Å². The Morgan fingerprint density at radius 1 is 1.33 bits per heavy atom. The van der Waals surface area contributed by atoms with E-state index in [-0.39, 0.29) is 18.4 Å². The number of rotatable bonds is 3. The Morgan fingerprint density at radius 3 is 1.73 bits per heavy atom. The minimum Gasteiger partial charge on any atom is -1.00 e. The molecule has 0 unspecified atom stereocenters. The van der Waals surface area contributed by atoms with Gasteiger partial charge in [-0.15, -0.1) is 0 Å². The number of ether oxygens (including phenoxy) is 1. The molecule has 15 heavy (non-hydrogen) atoms. The van der Waals surface area contributed by atoms with Crippen molar-refractivity contribution in [3.05, 3.63) is 12.2 Å². The van der Waals surface area contributed by atoms with E-state index < -0.39 is 0 Å². The normalized spacial score (nSPS) is 9.20. The number of esters is 1. The number of carbonyl (C=O) groups excluding carboxylic acids is 1. The highest BCUT2D eigenvalue weighted by Crippen LogP contribution is 1.90. The second-order valence-electron chi connectivity index (χ2n) is 4.29. The number of halogens is 1. The number of hydrogen-bond acceptors (Lipinski definition) is 2. The minimum absolute atomic E-state index is 0. The zero-order valence-corrected chi connectivity index (χ0v) is 11.5. The molecule has 4 heteroatoms. The smallest absolute Gasteiger partial charge is 0.332 e. The Balaban J connectivity index is -0.000000180. The first-order valence-corrected chi connectivity index (χ1v) is 4.79. The second-order valence-corrected chi connectivity index (χ2v) is 4.29. The molecule has 0 amide bonds. The van der Waals surface area contributed by atoms with Crippen molar-refractivity contribution in [2.45, 2.75) is 20.3 Å². The maximum atomic E-state index is 10.2. The van der Waals surface area contributed by atoms with Crippen LogP contribution in [0.25, 0.3) is 0 Å². The van der Waals surface area contributed by atoms with Crippen LogP contribution in [0.15, 0.2) is 12.2 Å². The lowest BCUT2D eigenvalue weighted by Gasteiger charge is -2.22. The molecule has 0 aliphatic rings. The summed E-state index contributed by atoms with van der Waals surface area (Å²) in [7, 11) is 7.97. The fourth-order valence-electron chi connectivity index (χ4n) is 0.845. The number of hydrogen-bond donors (Lipinski definition) is 0. The van der Waals surface area contributed by atoms with Crippen molar-refractivity contribution in [2.24, 2.45) is 0 Å². The van der Waals surface area contributed by atoms with Gasteiger partial charge in [-0.3, -0.25) is 0 Å². The van der Waals surface area contributed by atoms with Crippen LogP contribution in [-0.4, -0.2) is 45.2 Å². The SMILES string of the molecule is C=C(C)C(=O)OC.CCC[N+](C)(C)C.[Cl-]. The zero-order chi connectivity index (χ0) is 11.8. The van der Waals surface area contributed by atoms with Crippen LogP contribution in [-0.2, 0) is 9.53 Å². The van der Waals surface area contributed by atoms with E-state index >= 15 is 0 Å². The summed E-state index contributed by atoms with van der Waals surface area (Å²) < 4.78 is 5.37. The van der Waals surface area contributed by atoms with Crippen LogP contribution in [0.3, 0.4) is 0 Å². The van der Waals surface area contributed by atoms with Gasteiger partial charge in [-0.2, -0.15) is 0 Å². The highest BCUT2D eigenvalue weighted by atomic mass is 35.5. The Kier molecular flexibility index (Phi) is 13.3. The summed E-state index contributed by atoms with van der Waals surface area (Å²) in [5.74, 6) is -0.347. The molecule has 0 aromatic carbocycles. The Bertz CT molecular complexity index is 186. The molecule has 0 radical (unpaired) electrons. The first-order valence-electron chi connectivity index (χ1n) is 4.79. The van der Waals surface area contributed by atoms with E-state index in [2.05, 4.69) is 39.4 Å². The van der Waals surface area contributed by atoms with Crippen molar-refractivity contribution in [1.82, 2.24) is 0 Å². The fourth-order valence-corrected chi connectivity index (χ4v) is 0.845. The van der Waals surface area contributed by atoms with E-state index in [0.29, 0.717) is 5.57 Å². The lowest BCUT2D eigenvalue weighted by atomic mass is 10.4. The molecule has 0 bridgehead atoms. The molecule has 0 saturated carbocycles. The van der Waals surface area contributed by atoms with Crippen LogP contribution < -0.4 is 12.4 Å². The van der Waals surface area contributed by atoms with E-state index in [0.717, 1.165) is 4.48 Å². The first kappa shape index (κ1) is 19.9. The second kappa shape index (κ2) is 9.99. The molecule has 0 fully saturated rings. The molecule has 0 saturated heterocycles. The van der Waals surface area contributed by atoms with Gasteiger partial charge in [0.05, 0.1) is 34.8 Å². The van der Waals surface area contributed by atoms with Crippen molar-refractivity contribution >= 4 is 5.97 Å². The minimum atomic E-state index is -0.347. The standard InChI is InChI=1S/C6H16N.C5H8O2.ClH/c1-5-6-7(2,3)4;1-4(2)5(6)7-3;/h5-6H2,1-4H3;1H2,2-3H3;1H/q+1;;/p-1. The number of methoxy groups -OCH3 is 1. The lowest BCUT2D eigenvalue weighted by molar-refractivity contribution is -0.870. The topological polar surface area (TPSA) is 26.3 Å². The number of carbonyl (C=O) groups is 1. The molecule has 0 rings (SSSR count). The van der Waals surface area contributed by atoms with Gasteiger partial charge in [-0.1, -0.05) is 13.5 Å². The summed E-state index contributed by atoms with van der Waals surface area (Å²) in [5.41, 5.74) is 0.433. The van der Waals surface area contributed by atoms with Crippen LogP contribution in [0.4, 0.5) is 0 Å². The van der Waals surface area contributed by atoms with Crippen molar-refractivity contribution in [3.8, 4) is 0 Å². The highest BCUT2D eigenvalue weighted by molar-refractivity contribution is 5.86. The van der Waals surface area contributed by atoms with Crippen molar-refractivity contribution in [2.75, 3.05) is 34.8 Å². The summed E-state index contributed by atoms with van der Waals surface area (Å²) in [6, 6.07) is 0. The van der Waals surface area contributed by atoms with E-state index in [4.69, 9.17) is 0 Å². The molecular weight excluding hydrogens is 214 g/mol. The van der Waals surface area contributed by atoms with Gasteiger partial charge < -0.3 is 21.6 Å². The summed E-state index contributed by atoms with van der Waals surface area (Å²) in [6.45, 7) is 8.44.